The maximum absolute atomic E-state index is 14.1. The molecule has 61 heavy (non-hydrogen) atoms. The van der Waals surface area contributed by atoms with Crippen LogP contribution in [0.3, 0.4) is 0 Å². The summed E-state index contributed by atoms with van der Waals surface area (Å²) < 4.78 is 29.1. The van der Waals surface area contributed by atoms with Crippen LogP contribution in [0.4, 0.5) is 0 Å². The van der Waals surface area contributed by atoms with E-state index in [4.69, 9.17) is 23.7 Å². The third-order valence-electron chi connectivity index (χ3n) is 11.7. The topological polar surface area (TPSA) is 312 Å². The van der Waals surface area contributed by atoms with E-state index in [1.165, 1.54) is 40.1 Å². The van der Waals surface area contributed by atoms with E-state index >= 15 is 0 Å². The fourth-order valence-corrected chi connectivity index (χ4v) is 8.52. The minimum Gasteiger partial charge on any atom is -0.507 e. The molecular weight excluding hydrogens is 806 g/mol. The predicted molar refractivity (Wildman–Crippen MR) is 207 cm³/mol. The highest BCUT2D eigenvalue weighted by molar-refractivity contribution is 6.31. The van der Waals surface area contributed by atoms with Crippen molar-refractivity contribution in [3.8, 4) is 34.1 Å². The number of ketones is 2. The minimum atomic E-state index is -1.87. The first-order valence-corrected chi connectivity index (χ1v) is 19.3. The van der Waals surface area contributed by atoms with Crippen LogP contribution in [-0.2, 0) is 23.7 Å². The highest BCUT2D eigenvalue weighted by Crippen LogP contribution is 2.57. The molecule has 2 aliphatic heterocycles. The molecule has 328 valence electrons. The average Bonchev–Trinajstić information content (AvgIpc) is 3.22. The number of carbonyl (C=O) groups is 4. The molecule has 11 N–H and O–H groups in total. The normalized spacial score (nSPS) is 29.7. The highest BCUT2D eigenvalue weighted by Gasteiger charge is 2.51. The van der Waals surface area contributed by atoms with E-state index in [9.17, 15) is 60.0 Å². The van der Waals surface area contributed by atoms with Crippen molar-refractivity contribution in [3.63, 3.8) is 0 Å². The Kier molecular flexibility index (Phi) is 11.9. The summed E-state index contributed by atoms with van der Waals surface area (Å²) >= 11 is 0. The second-order valence-electron chi connectivity index (χ2n) is 15.4. The van der Waals surface area contributed by atoms with E-state index in [-0.39, 0.29) is 44.7 Å². The van der Waals surface area contributed by atoms with Crippen LogP contribution in [0.15, 0.2) is 24.3 Å². The van der Waals surface area contributed by atoms with E-state index in [0.717, 1.165) is 12.1 Å². The molecule has 3 aromatic rings. The molecule has 0 spiro atoms. The number of hydrogen-bond acceptors (Lipinski definition) is 18. The molecule has 12 atom stereocenters. The van der Waals surface area contributed by atoms with Gasteiger partial charge in [-0.15, -0.1) is 0 Å². The zero-order valence-corrected chi connectivity index (χ0v) is 33.7. The summed E-state index contributed by atoms with van der Waals surface area (Å²) in [4.78, 5) is 54.3. The number of ether oxygens (including phenoxy) is 5. The Morgan fingerprint density at radius 1 is 0.820 bits per heavy atom. The molecule has 2 heterocycles. The number of carbonyl (C=O) groups excluding carboxylic acids is 4. The molecule has 3 aromatic carbocycles. The summed E-state index contributed by atoms with van der Waals surface area (Å²) in [5, 5.41) is 97.8. The number of fused-ring (bicyclic) bond motifs is 5. The zero-order valence-electron chi connectivity index (χ0n) is 33.7. The van der Waals surface area contributed by atoms with E-state index < -0.39 is 137 Å². The lowest BCUT2D eigenvalue weighted by molar-refractivity contribution is -0.339. The number of benzene rings is 3. The van der Waals surface area contributed by atoms with Crippen LogP contribution in [0, 0.1) is 6.92 Å². The zero-order chi connectivity index (χ0) is 44.5. The fraction of sp³-hybridized carbons (Fsp3) is 0.463. The van der Waals surface area contributed by atoms with Crippen LogP contribution in [-0.4, -0.2) is 153 Å². The summed E-state index contributed by atoms with van der Waals surface area (Å²) in [6, 6.07) is 2.91. The number of aromatic hydroxyl groups is 3. The molecule has 2 fully saturated rings. The Balaban J connectivity index is 1.37. The van der Waals surface area contributed by atoms with Gasteiger partial charge in [0.25, 0.3) is 5.91 Å². The van der Waals surface area contributed by atoms with Gasteiger partial charge in [-0.3, -0.25) is 19.2 Å². The van der Waals surface area contributed by atoms with Crippen molar-refractivity contribution in [2.45, 2.75) is 94.3 Å². The number of aryl methyl sites for hydroxylation is 1. The van der Waals surface area contributed by atoms with Gasteiger partial charge in [0.2, 0.25) is 5.91 Å². The third-order valence-corrected chi connectivity index (χ3v) is 11.7. The average molecular weight is 854 g/mol. The monoisotopic (exact) mass is 853 g/mol. The van der Waals surface area contributed by atoms with Crippen molar-refractivity contribution in [1.82, 2.24) is 16.0 Å². The lowest BCUT2D eigenvalue weighted by Gasteiger charge is -2.47. The van der Waals surface area contributed by atoms with Crippen molar-refractivity contribution in [2.75, 3.05) is 27.8 Å². The second kappa shape index (κ2) is 16.5. The van der Waals surface area contributed by atoms with E-state index in [0.29, 0.717) is 0 Å². The Hall–Kier alpha value is -5.26. The van der Waals surface area contributed by atoms with Gasteiger partial charge < -0.3 is 80.5 Å². The highest BCUT2D eigenvalue weighted by atomic mass is 16.7. The molecule has 0 aromatic heterocycles. The minimum absolute atomic E-state index is 0.0303. The number of methoxy groups -OCH3 is 1. The molecule has 0 radical (unpaired) electrons. The molecule has 2 aliphatic carbocycles. The van der Waals surface area contributed by atoms with E-state index in [1.807, 2.05) is 0 Å². The number of nitrogens with one attached hydrogen (secondary N) is 3. The number of hydrogen-bond donors (Lipinski definition) is 11. The largest absolute Gasteiger partial charge is 0.507 e. The van der Waals surface area contributed by atoms with Crippen LogP contribution < -0.4 is 20.7 Å². The van der Waals surface area contributed by atoms with Crippen molar-refractivity contribution in [1.29, 1.82) is 0 Å². The number of rotatable bonds is 9. The Morgan fingerprint density at radius 2 is 1.48 bits per heavy atom. The van der Waals surface area contributed by atoms with Gasteiger partial charge in [0, 0.05) is 35.4 Å². The van der Waals surface area contributed by atoms with Crippen LogP contribution in [0.2, 0.25) is 0 Å². The summed E-state index contributed by atoms with van der Waals surface area (Å²) in [6.07, 6.45) is -15.4. The SMILES string of the molecule is CNC(=O)C(C)NC(=O)c1c(C)cc2c(c1O)-c1c(cc3c(c1O)C(=O)c1cc(OC)cc(O)c1C3=O)C(O)C2OC1OC(C)C(NC)C(OC2OCC(O)C(O)C2O)C1O. The molecule has 0 bridgehead atoms. The summed E-state index contributed by atoms with van der Waals surface area (Å²) in [7, 11) is 4.19. The van der Waals surface area contributed by atoms with Gasteiger partial charge in [-0.1, -0.05) is 6.07 Å². The molecule has 2 saturated heterocycles. The predicted octanol–water partition coefficient (Wildman–Crippen LogP) is -0.950. The van der Waals surface area contributed by atoms with Crippen molar-refractivity contribution < 1.29 is 83.7 Å². The standard InChI is InChI=1S/C41H47N3O17/c1-12-7-19-25(32(51)22(12)39(56)44-13(2)38(55)43-5)24-17(10-18-26(33(24)52)29(48)16-8-15(57-6)9-20(45)23(16)28(18)47)30(49)36(19)60-41-35(54)37(27(42-4)14(3)59-41)61-40-34(53)31(50)21(46)11-58-40/h7-10,13-14,21,27,30-31,34-37,40-42,45-46,49-54H,11H2,1-6H3,(H,43,55)(H,44,56). The first kappa shape index (κ1) is 43.8. The molecule has 7 rings (SSSR count). The lowest BCUT2D eigenvalue weighted by atomic mass is 9.74. The number of aliphatic hydroxyl groups excluding tert-OH is 5. The van der Waals surface area contributed by atoms with Crippen LogP contribution in [0.5, 0.6) is 23.0 Å². The lowest BCUT2D eigenvalue weighted by Crippen LogP contribution is -2.65. The molecule has 2 amide bonds. The van der Waals surface area contributed by atoms with Gasteiger partial charge in [0.05, 0.1) is 42.6 Å². The smallest absolute Gasteiger partial charge is 0.255 e. The third kappa shape index (κ3) is 7.17. The van der Waals surface area contributed by atoms with Crippen molar-refractivity contribution in [3.05, 3.63) is 68.8 Å². The van der Waals surface area contributed by atoms with Crippen molar-refractivity contribution >= 4 is 23.4 Å². The number of phenols is 3. The quantitative estimate of drug-likeness (QED) is 0.0967. The number of aliphatic hydroxyl groups is 5. The Morgan fingerprint density at radius 3 is 2.13 bits per heavy atom. The van der Waals surface area contributed by atoms with E-state index in [2.05, 4.69) is 16.0 Å². The molecular formula is C41H47N3O17. The first-order valence-electron chi connectivity index (χ1n) is 19.3. The van der Waals surface area contributed by atoms with Gasteiger partial charge in [-0.25, -0.2) is 0 Å². The van der Waals surface area contributed by atoms with Crippen molar-refractivity contribution in [2.24, 2.45) is 0 Å². The van der Waals surface area contributed by atoms with Crippen LogP contribution >= 0.6 is 0 Å². The summed E-state index contributed by atoms with van der Waals surface area (Å²) in [6.45, 7) is 4.05. The van der Waals surface area contributed by atoms with Gasteiger partial charge in [-0.05, 0) is 56.6 Å². The van der Waals surface area contributed by atoms with Crippen LogP contribution in [0.1, 0.15) is 84.9 Å². The summed E-state index contributed by atoms with van der Waals surface area (Å²) in [5.41, 5.74) is -2.95. The molecule has 12 unspecified atom stereocenters. The number of likely N-dealkylation sites (N-methyl/N-ethyl adjacent to an activating group) is 2. The van der Waals surface area contributed by atoms with Gasteiger partial charge in [0.1, 0.15) is 71.8 Å². The van der Waals surface area contributed by atoms with E-state index in [1.54, 1.807) is 14.0 Å². The molecule has 0 saturated carbocycles. The first-order chi connectivity index (χ1) is 28.9. The Bertz CT molecular complexity index is 2300. The maximum atomic E-state index is 14.1. The molecule has 20 nitrogen and oxygen atoms in total. The van der Waals surface area contributed by atoms with Gasteiger partial charge in [-0.2, -0.15) is 0 Å². The number of phenolic OH excluding ortho intramolecular Hbond substituents is 3. The molecule has 4 aliphatic rings. The Labute approximate surface area is 347 Å². The second-order valence-corrected chi connectivity index (χ2v) is 15.4. The van der Waals surface area contributed by atoms with Gasteiger partial charge in [0.15, 0.2) is 24.1 Å². The number of amides is 2. The van der Waals surface area contributed by atoms with Crippen LogP contribution in [0.25, 0.3) is 11.1 Å². The maximum Gasteiger partial charge on any atom is 0.255 e. The fourth-order valence-electron chi connectivity index (χ4n) is 8.52. The molecule has 20 heteroatoms. The summed E-state index contributed by atoms with van der Waals surface area (Å²) in [5.74, 6) is -5.49. The van der Waals surface area contributed by atoms with Gasteiger partial charge >= 0.3 is 0 Å².